The van der Waals surface area contributed by atoms with Gasteiger partial charge in [-0.15, -0.1) is 5.10 Å². The molecule has 1 heterocycles. The van der Waals surface area contributed by atoms with Crippen molar-refractivity contribution in [1.82, 2.24) is 9.59 Å². The Bertz CT molecular complexity index is 399. The molecule has 0 bridgehead atoms. The molecule has 5 nitrogen and oxygen atoms in total. The van der Waals surface area contributed by atoms with Crippen molar-refractivity contribution in [3.63, 3.8) is 0 Å². The van der Waals surface area contributed by atoms with Crippen LogP contribution in [0.25, 0.3) is 0 Å². The van der Waals surface area contributed by atoms with Gasteiger partial charge in [0.05, 0.1) is 11.1 Å². The summed E-state index contributed by atoms with van der Waals surface area (Å²) in [7, 11) is 0. The van der Waals surface area contributed by atoms with Crippen LogP contribution in [-0.2, 0) is 0 Å². The fourth-order valence-electron chi connectivity index (χ4n) is 1.06. The molecule has 0 unspecified atom stereocenters. The van der Waals surface area contributed by atoms with E-state index in [2.05, 4.69) is 14.8 Å². The van der Waals surface area contributed by atoms with Gasteiger partial charge in [-0.2, -0.15) is 10.5 Å². The molecule has 0 aliphatic rings. The SMILES string of the molecule is N=NN(c1ccccc1)c1csnn1. The van der Waals surface area contributed by atoms with Crippen molar-refractivity contribution in [1.29, 1.82) is 5.53 Å². The quantitative estimate of drug-likeness (QED) is 0.618. The monoisotopic (exact) mass is 205 g/mol. The molecular weight excluding hydrogens is 198 g/mol. The number of para-hydroxylation sites is 1. The standard InChI is InChI=1S/C8H7N5S/c9-11-13(8-6-14-12-10-8)7-4-2-1-3-5-7/h1-6,9H. The van der Waals surface area contributed by atoms with Crippen molar-refractivity contribution in [3.05, 3.63) is 35.7 Å². The highest BCUT2D eigenvalue weighted by Gasteiger charge is 2.09. The van der Waals surface area contributed by atoms with E-state index >= 15 is 0 Å². The van der Waals surface area contributed by atoms with Gasteiger partial charge in [0.2, 0.25) is 0 Å². The highest BCUT2D eigenvalue weighted by molar-refractivity contribution is 7.03. The minimum atomic E-state index is 0.566. The fraction of sp³-hybridized carbons (Fsp3) is 0. The second kappa shape index (κ2) is 3.93. The molecule has 2 rings (SSSR count). The molecule has 1 aromatic heterocycles. The summed E-state index contributed by atoms with van der Waals surface area (Å²) >= 11 is 1.23. The Labute approximate surface area is 84.6 Å². The predicted octanol–water partition coefficient (Wildman–Crippen LogP) is 2.62. The maximum Gasteiger partial charge on any atom is 0.190 e. The lowest BCUT2D eigenvalue weighted by Crippen LogP contribution is -2.07. The number of aromatic nitrogens is 2. The third-order valence-corrected chi connectivity index (χ3v) is 2.16. The van der Waals surface area contributed by atoms with E-state index in [1.54, 1.807) is 5.38 Å². The lowest BCUT2D eigenvalue weighted by atomic mass is 10.3. The first-order chi connectivity index (χ1) is 6.92. The molecule has 1 aromatic carbocycles. The molecule has 0 aliphatic carbocycles. The van der Waals surface area contributed by atoms with Crippen molar-refractivity contribution < 1.29 is 0 Å². The molecule has 0 amide bonds. The van der Waals surface area contributed by atoms with E-state index in [0.717, 1.165) is 5.69 Å². The van der Waals surface area contributed by atoms with Crippen molar-refractivity contribution in [2.75, 3.05) is 5.01 Å². The molecule has 0 spiro atoms. The summed E-state index contributed by atoms with van der Waals surface area (Å²) in [6, 6.07) is 9.39. The zero-order valence-electron chi connectivity index (χ0n) is 7.16. The zero-order chi connectivity index (χ0) is 9.80. The van der Waals surface area contributed by atoms with Gasteiger partial charge in [-0.3, -0.25) is 0 Å². The van der Waals surface area contributed by atoms with Crippen LogP contribution >= 0.6 is 11.5 Å². The van der Waals surface area contributed by atoms with Crippen LogP contribution in [0.1, 0.15) is 0 Å². The number of rotatable bonds is 3. The summed E-state index contributed by atoms with van der Waals surface area (Å²) in [5, 5.41) is 10.4. The predicted molar refractivity (Wildman–Crippen MR) is 53.6 cm³/mol. The van der Waals surface area contributed by atoms with E-state index in [9.17, 15) is 0 Å². The van der Waals surface area contributed by atoms with Gasteiger partial charge in [-0.1, -0.05) is 27.9 Å². The largest absolute Gasteiger partial charge is 0.195 e. The summed E-state index contributed by atoms with van der Waals surface area (Å²) < 4.78 is 3.72. The van der Waals surface area contributed by atoms with Gasteiger partial charge in [0.25, 0.3) is 0 Å². The van der Waals surface area contributed by atoms with Gasteiger partial charge in [0.1, 0.15) is 0 Å². The van der Waals surface area contributed by atoms with Crippen molar-refractivity contribution in [2.24, 2.45) is 5.22 Å². The third kappa shape index (κ3) is 1.60. The average Bonchev–Trinajstić information content (AvgIpc) is 2.74. The first-order valence-corrected chi connectivity index (χ1v) is 4.75. The second-order valence-corrected chi connectivity index (χ2v) is 3.12. The van der Waals surface area contributed by atoms with E-state index in [-0.39, 0.29) is 0 Å². The normalized spacial score (nSPS) is 9.71. The van der Waals surface area contributed by atoms with Gasteiger partial charge in [0, 0.05) is 0 Å². The van der Waals surface area contributed by atoms with E-state index in [0.29, 0.717) is 5.82 Å². The third-order valence-electron chi connectivity index (χ3n) is 1.67. The first-order valence-electron chi connectivity index (χ1n) is 3.91. The maximum absolute atomic E-state index is 7.06. The van der Waals surface area contributed by atoms with Crippen LogP contribution in [-0.4, -0.2) is 9.59 Å². The number of anilines is 2. The van der Waals surface area contributed by atoms with Crippen LogP contribution in [0.4, 0.5) is 11.5 Å². The molecule has 0 saturated heterocycles. The molecule has 0 atom stereocenters. The average molecular weight is 205 g/mol. The molecule has 1 N–H and O–H groups in total. The molecular formula is C8H7N5S. The minimum Gasteiger partial charge on any atom is -0.195 e. The van der Waals surface area contributed by atoms with Crippen LogP contribution in [0.5, 0.6) is 0 Å². The van der Waals surface area contributed by atoms with E-state index < -0.39 is 0 Å². The Morgan fingerprint density at radius 1 is 1.29 bits per heavy atom. The van der Waals surface area contributed by atoms with Crippen LogP contribution in [0.2, 0.25) is 0 Å². The van der Waals surface area contributed by atoms with Crippen molar-refractivity contribution >= 4 is 23.0 Å². The summed E-state index contributed by atoms with van der Waals surface area (Å²) in [4.78, 5) is 0. The van der Waals surface area contributed by atoms with Crippen LogP contribution < -0.4 is 5.01 Å². The number of nitrogens with zero attached hydrogens (tertiary/aromatic N) is 4. The van der Waals surface area contributed by atoms with E-state index in [4.69, 9.17) is 5.53 Å². The van der Waals surface area contributed by atoms with Crippen molar-refractivity contribution in [2.45, 2.75) is 0 Å². The highest BCUT2D eigenvalue weighted by Crippen LogP contribution is 2.23. The zero-order valence-corrected chi connectivity index (χ0v) is 7.98. The topological polar surface area (TPSA) is 65.2 Å². The lowest BCUT2D eigenvalue weighted by molar-refractivity contribution is 0.894. The summed E-state index contributed by atoms with van der Waals surface area (Å²) in [5.74, 6) is 0.566. The van der Waals surface area contributed by atoms with Crippen molar-refractivity contribution in [3.8, 4) is 0 Å². The molecule has 0 saturated carbocycles. The van der Waals surface area contributed by atoms with E-state index in [1.165, 1.54) is 16.5 Å². The van der Waals surface area contributed by atoms with Gasteiger partial charge < -0.3 is 0 Å². The summed E-state index contributed by atoms with van der Waals surface area (Å²) in [6.07, 6.45) is 0. The fourth-order valence-corrected chi connectivity index (χ4v) is 1.48. The number of benzene rings is 1. The Hall–Kier alpha value is -1.82. The summed E-state index contributed by atoms with van der Waals surface area (Å²) in [6.45, 7) is 0. The highest BCUT2D eigenvalue weighted by atomic mass is 32.1. The van der Waals surface area contributed by atoms with Gasteiger partial charge in [0.15, 0.2) is 5.82 Å². The smallest absolute Gasteiger partial charge is 0.190 e. The molecule has 2 aromatic rings. The Kier molecular flexibility index (Phi) is 2.46. The summed E-state index contributed by atoms with van der Waals surface area (Å²) in [5.41, 5.74) is 7.86. The first kappa shape index (κ1) is 8.76. The molecule has 70 valence electrons. The minimum absolute atomic E-state index is 0.566. The molecule has 0 aliphatic heterocycles. The van der Waals surface area contributed by atoms with Crippen LogP contribution in [0.15, 0.2) is 40.9 Å². The molecule has 0 radical (unpaired) electrons. The van der Waals surface area contributed by atoms with E-state index in [1.807, 2.05) is 30.3 Å². The van der Waals surface area contributed by atoms with Crippen LogP contribution in [0, 0.1) is 5.53 Å². The molecule has 0 fully saturated rings. The van der Waals surface area contributed by atoms with Gasteiger partial charge in [-0.25, -0.2) is 0 Å². The molecule has 14 heavy (non-hydrogen) atoms. The Balaban J connectivity index is 2.36. The second-order valence-electron chi connectivity index (χ2n) is 2.51. The Morgan fingerprint density at radius 2 is 2.07 bits per heavy atom. The van der Waals surface area contributed by atoms with Crippen LogP contribution in [0.3, 0.4) is 0 Å². The number of hydrogen-bond acceptors (Lipinski definition) is 5. The van der Waals surface area contributed by atoms with Gasteiger partial charge >= 0.3 is 0 Å². The Morgan fingerprint density at radius 3 is 2.64 bits per heavy atom. The van der Waals surface area contributed by atoms with Gasteiger partial charge in [-0.05, 0) is 23.7 Å². The maximum atomic E-state index is 7.06. The lowest BCUT2D eigenvalue weighted by Gasteiger charge is -2.12. The number of hydrogen-bond donors (Lipinski definition) is 1. The number of nitrogens with one attached hydrogen (secondary N) is 1. The molecule has 6 heteroatoms.